The highest BCUT2D eigenvalue weighted by Crippen LogP contribution is 2.44. The molecule has 25 heavy (non-hydrogen) atoms. The van der Waals surface area contributed by atoms with Crippen molar-refractivity contribution >= 4 is 8.32 Å². The summed E-state index contributed by atoms with van der Waals surface area (Å²) in [7, 11) is -1.92. The van der Waals surface area contributed by atoms with Gasteiger partial charge in [0.2, 0.25) is 0 Å². The van der Waals surface area contributed by atoms with Gasteiger partial charge in [0, 0.05) is 6.42 Å². The van der Waals surface area contributed by atoms with Crippen molar-refractivity contribution in [3.63, 3.8) is 0 Å². The second kappa shape index (κ2) is 6.26. The largest absolute Gasteiger partial charge is 0.414 e. The fraction of sp³-hybridized carbons (Fsp3) is 1.00. The van der Waals surface area contributed by atoms with Gasteiger partial charge in [-0.3, -0.25) is 0 Å². The van der Waals surface area contributed by atoms with E-state index in [0.29, 0.717) is 19.6 Å². The number of rotatable bonds is 4. The average molecular weight is 375 g/mol. The van der Waals surface area contributed by atoms with Crippen molar-refractivity contribution in [3.8, 4) is 0 Å². The number of hydrogen-bond donors (Lipinski definition) is 1. The highest BCUT2D eigenvalue weighted by molar-refractivity contribution is 6.74. The van der Waals surface area contributed by atoms with Gasteiger partial charge in [-0.1, -0.05) is 20.8 Å². The zero-order chi connectivity index (χ0) is 18.7. The fourth-order valence-electron chi connectivity index (χ4n) is 3.59. The predicted octanol–water partition coefficient (Wildman–Crippen LogP) is 2.45. The van der Waals surface area contributed by atoms with E-state index in [9.17, 15) is 5.11 Å². The zero-order valence-electron chi connectivity index (χ0n) is 16.6. The molecule has 6 nitrogen and oxygen atoms in total. The van der Waals surface area contributed by atoms with Crippen LogP contribution in [0, 0.1) is 0 Å². The minimum Gasteiger partial charge on any atom is -0.414 e. The van der Waals surface area contributed by atoms with E-state index in [-0.39, 0.29) is 36.1 Å². The lowest BCUT2D eigenvalue weighted by atomic mass is 9.95. The van der Waals surface area contributed by atoms with Crippen LogP contribution in [0.25, 0.3) is 0 Å². The summed E-state index contributed by atoms with van der Waals surface area (Å²) in [5.74, 6) is -0.626. The molecule has 3 saturated heterocycles. The van der Waals surface area contributed by atoms with Crippen LogP contribution in [0.3, 0.4) is 0 Å². The van der Waals surface area contributed by atoms with Crippen molar-refractivity contribution in [1.82, 2.24) is 0 Å². The maximum atomic E-state index is 10.1. The molecule has 0 aliphatic carbocycles. The molecule has 3 fully saturated rings. The van der Waals surface area contributed by atoms with Crippen LogP contribution in [-0.4, -0.2) is 69.0 Å². The van der Waals surface area contributed by atoms with Gasteiger partial charge < -0.3 is 28.5 Å². The molecule has 0 amide bonds. The minimum atomic E-state index is -1.92. The molecule has 0 spiro atoms. The summed E-state index contributed by atoms with van der Waals surface area (Å²) in [5, 5.41) is 10.2. The SMILES string of the molecule is CC1(C)O[C@@H]2[C@H]3O[C@](CO)(CO[Si](C)(C)C(C)(C)C)C[C@H]3OC[C@@H]2O1. The fourth-order valence-corrected chi connectivity index (χ4v) is 4.64. The van der Waals surface area contributed by atoms with Crippen molar-refractivity contribution in [2.45, 2.75) is 95.0 Å². The van der Waals surface area contributed by atoms with Crippen molar-refractivity contribution in [2.24, 2.45) is 0 Å². The van der Waals surface area contributed by atoms with E-state index in [0.717, 1.165) is 0 Å². The van der Waals surface area contributed by atoms with Crippen LogP contribution < -0.4 is 0 Å². The van der Waals surface area contributed by atoms with E-state index < -0.39 is 19.7 Å². The third-order valence-electron chi connectivity index (χ3n) is 6.14. The Bertz CT molecular complexity index is 502. The molecule has 146 valence electrons. The molecule has 0 aromatic rings. The highest BCUT2D eigenvalue weighted by Gasteiger charge is 2.59. The monoisotopic (exact) mass is 374 g/mol. The first-order valence-electron chi connectivity index (χ1n) is 9.28. The Morgan fingerprint density at radius 2 is 1.72 bits per heavy atom. The quantitative estimate of drug-likeness (QED) is 0.763. The van der Waals surface area contributed by atoms with Gasteiger partial charge in [0.25, 0.3) is 0 Å². The van der Waals surface area contributed by atoms with E-state index in [4.69, 9.17) is 23.4 Å². The molecule has 3 heterocycles. The molecule has 3 aliphatic heterocycles. The number of aliphatic hydroxyl groups excluding tert-OH is 1. The molecular weight excluding hydrogens is 340 g/mol. The summed E-state index contributed by atoms with van der Waals surface area (Å²) in [6.07, 6.45) is 0.0298. The van der Waals surface area contributed by atoms with Gasteiger partial charge in [-0.15, -0.1) is 0 Å². The van der Waals surface area contributed by atoms with Crippen LogP contribution >= 0.6 is 0 Å². The predicted molar refractivity (Wildman–Crippen MR) is 96.0 cm³/mol. The summed E-state index contributed by atoms with van der Waals surface area (Å²) in [6.45, 7) is 15.7. The van der Waals surface area contributed by atoms with E-state index in [1.807, 2.05) is 13.8 Å². The van der Waals surface area contributed by atoms with Crippen LogP contribution in [0.4, 0.5) is 0 Å². The van der Waals surface area contributed by atoms with Crippen LogP contribution in [-0.2, 0) is 23.4 Å². The second-order valence-electron chi connectivity index (χ2n) is 9.69. The maximum absolute atomic E-state index is 10.1. The van der Waals surface area contributed by atoms with E-state index >= 15 is 0 Å². The maximum Gasteiger partial charge on any atom is 0.192 e. The first-order chi connectivity index (χ1) is 11.4. The van der Waals surface area contributed by atoms with Gasteiger partial charge in [-0.2, -0.15) is 0 Å². The van der Waals surface area contributed by atoms with Gasteiger partial charge in [0.1, 0.15) is 23.9 Å². The topological polar surface area (TPSA) is 66.4 Å². The Labute approximate surface area is 152 Å². The summed E-state index contributed by atoms with van der Waals surface area (Å²) in [4.78, 5) is 0. The van der Waals surface area contributed by atoms with Gasteiger partial charge >= 0.3 is 0 Å². The molecule has 0 bridgehead atoms. The first kappa shape index (κ1) is 19.7. The van der Waals surface area contributed by atoms with Gasteiger partial charge in [0.15, 0.2) is 14.1 Å². The number of hydrogen-bond acceptors (Lipinski definition) is 6. The van der Waals surface area contributed by atoms with Gasteiger partial charge in [-0.05, 0) is 32.0 Å². The number of ether oxygens (including phenoxy) is 4. The van der Waals surface area contributed by atoms with E-state index in [1.54, 1.807) is 0 Å². The molecule has 3 rings (SSSR count). The number of aliphatic hydroxyl groups is 1. The summed E-state index contributed by atoms with van der Waals surface area (Å²) in [6, 6.07) is 0. The normalized spacial score (nSPS) is 40.8. The standard InChI is InChI=1S/C18H34O6Si/c1-16(2,3)25(6,7)21-11-18(10-19)8-12-14(24-18)15-13(9-20-12)22-17(4,5)23-15/h12-15,19H,8-11H2,1-7H3/t12-,13+,14+,15+,18-/m1/s1. The van der Waals surface area contributed by atoms with Crippen molar-refractivity contribution < 1.29 is 28.5 Å². The molecule has 5 atom stereocenters. The van der Waals surface area contributed by atoms with Crippen LogP contribution in [0.5, 0.6) is 0 Å². The van der Waals surface area contributed by atoms with Gasteiger partial charge in [-0.25, -0.2) is 0 Å². The molecule has 0 radical (unpaired) electrons. The minimum absolute atomic E-state index is 0.0837. The van der Waals surface area contributed by atoms with Crippen LogP contribution in [0.15, 0.2) is 0 Å². The average Bonchev–Trinajstić information content (AvgIpc) is 3.00. The summed E-state index contributed by atoms with van der Waals surface area (Å²) >= 11 is 0. The lowest BCUT2D eigenvalue weighted by Crippen LogP contribution is -2.50. The van der Waals surface area contributed by atoms with Crippen molar-refractivity contribution in [3.05, 3.63) is 0 Å². The lowest BCUT2D eigenvalue weighted by molar-refractivity contribution is -0.178. The van der Waals surface area contributed by atoms with Gasteiger partial charge in [0.05, 0.1) is 25.9 Å². The highest BCUT2D eigenvalue weighted by atomic mass is 28.4. The number of fused-ring (bicyclic) bond motifs is 3. The third kappa shape index (κ3) is 3.70. The Morgan fingerprint density at radius 3 is 2.32 bits per heavy atom. The zero-order valence-corrected chi connectivity index (χ0v) is 17.6. The molecule has 0 aromatic carbocycles. The van der Waals surface area contributed by atoms with Crippen molar-refractivity contribution in [2.75, 3.05) is 19.8 Å². The third-order valence-corrected chi connectivity index (χ3v) is 10.6. The summed E-state index contributed by atoms with van der Waals surface area (Å²) in [5.41, 5.74) is -0.726. The first-order valence-corrected chi connectivity index (χ1v) is 12.2. The molecule has 1 N–H and O–H groups in total. The molecule has 3 aliphatic rings. The lowest BCUT2D eigenvalue weighted by Gasteiger charge is -2.39. The Hall–Kier alpha value is -0.0231. The van der Waals surface area contributed by atoms with Crippen molar-refractivity contribution in [1.29, 1.82) is 0 Å². The Balaban J connectivity index is 1.71. The smallest absolute Gasteiger partial charge is 0.192 e. The molecule has 0 aromatic heterocycles. The Morgan fingerprint density at radius 1 is 1.08 bits per heavy atom. The van der Waals surface area contributed by atoms with E-state index in [2.05, 4.69) is 33.9 Å². The van der Waals surface area contributed by atoms with Crippen LogP contribution in [0.1, 0.15) is 41.0 Å². The molecule has 0 saturated carbocycles. The second-order valence-corrected chi connectivity index (χ2v) is 14.5. The molecular formula is C18H34O6Si. The van der Waals surface area contributed by atoms with E-state index in [1.165, 1.54) is 0 Å². The Kier molecular flexibility index (Phi) is 4.94. The van der Waals surface area contributed by atoms with Crippen LogP contribution in [0.2, 0.25) is 18.1 Å². The summed E-state index contributed by atoms with van der Waals surface area (Å²) < 4.78 is 30.6. The molecule has 7 heteroatoms. The molecule has 0 unspecified atom stereocenters.